The highest BCUT2D eigenvalue weighted by Gasteiger charge is 2.16. The summed E-state index contributed by atoms with van der Waals surface area (Å²) >= 11 is 6.29. The average Bonchev–Trinajstić information content (AvgIpc) is 2.69. The van der Waals surface area contributed by atoms with Crippen molar-refractivity contribution in [3.8, 4) is 17.2 Å². The van der Waals surface area contributed by atoms with Crippen LogP contribution in [0.3, 0.4) is 0 Å². The Balaban J connectivity index is 1.59. The van der Waals surface area contributed by atoms with Crippen LogP contribution in [0.1, 0.15) is 18.1 Å². The van der Waals surface area contributed by atoms with Gasteiger partial charge < -0.3 is 24.8 Å². The molecule has 1 heterocycles. The molecule has 2 N–H and O–H groups in total. The van der Waals surface area contributed by atoms with Gasteiger partial charge in [-0.2, -0.15) is 0 Å². The van der Waals surface area contributed by atoms with Crippen LogP contribution in [-0.4, -0.2) is 32.8 Å². The van der Waals surface area contributed by atoms with Gasteiger partial charge in [0.1, 0.15) is 19.0 Å². The minimum atomic E-state index is 0.518. The summed E-state index contributed by atoms with van der Waals surface area (Å²) in [6, 6.07) is 11.8. The molecule has 2 aromatic rings. The van der Waals surface area contributed by atoms with Gasteiger partial charge in [0.25, 0.3) is 0 Å². The van der Waals surface area contributed by atoms with Crippen LogP contribution in [-0.2, 0) is 13.1 Å². The minimum Gasteiger partial charge on any atom is -0.494 e. The number of nitrogens with zero attached hydrogens (tertiary/aromatic N) is 1. The van der Waals surface area contributed by atoms with Crippen LogP contribution in [0.5, 0.6) is 17.2 Å². The molecule has 0 spiro atoms. The maximum Gasteiger partial charge on any atom is 0.191 e. The Morgan fingerprint density at radius 1 is 1.15 bits per heavy atom. The maximum atomic E-state index is 6.29. The van der Waals surface area contributed by atoms with Gasteiger partial charge in [-0.05, 0) is 30.7 Å². The first kappa shape index (κ1) is 19.2. The lowest BCUT2D eigenvalue weighted by molar-refractivity contribution is 0.171. The summed E-state index contributed by atoms with van der Waals surface area (Å²) in [5.41, 5.74) is 2.06. The second-order valence-corrected chi connectivity index (χ2v) is 6.33. The summed E-state index contributed by atoms with van der Waals surface area (Å²) in [5, 5.41) is 7.14. The highest BCUT2D eigenvalue weighted by atomic mass is 35.5. The molecular formula is C20H24ClN3O3. The fraction of sp³-hybridized carbons (Fsp3) is 0.350. The van der Waals surface area contributed by atoms with Crippen molar-refractivity contribution < 1.29 is 14.2 Å². The summed E-state index contributed by atoms with van der Waals surface area (Å²) in [6.45, 7) is 4.83. The van der Waals surface area contributed by atoms with E-state index in [1.54, 1.807) is 7.05 Å². The molecule has 0 saturated carbocycles. The van der Waals surface area contributed by atoms with E-state index in [0.717, 1.165) is 16.9 Å². The number of ether oxygens (including phenoxy) is 3. The van der Waals surface area contributed by atoms with E-state index < -0.39 is 0 Å². The fourth-order valence-corrected chi connectivity index (χ4v) is 3.09. The second-order valence-electron chi connectivity index (χ2n) is 5.92. The summed E-state index contributed by atoms with van der Waals surface area (Å²) in [7, 11) is 1.74. The molecular weight excluding hydrogens is 366 g/mol. The number of rotatable bonds is 6. The molecule has 144 valence electrons. The minimum absolute atomic E-state index is 0.518. The summed E-state index contributed by atoms with van der Waals surface area (Å²) < 4.78 is 16.8. The number of aliphatic imine (C=N–C) groups is 1. The van der Waals surface area contributed by atoms with Crippen LogP contribution in [0.4, 0.5) is 0 Å². The zero-order valence-electron chi connectivity index (χ0n) is 15.5. The Hall–Kier alpha value is -2.60. The highest BCUT2D eigenvalue weighted by molar-refractivity contribution is 6.32. The van der Waals surface area contributed by atoms with Crippen LogP contribution in [0.15, 0.2) is 41.4 Å². The lowest BCUT2D eigenvalue weighted by atomic mass is 10.2. The van der Waals surface area contributed by atoms with E-state index in [4.69, 9.17) is 25.8 Å². The molecule has 0 amide bonds. The van der Waals surface area contributed by atoms with E-state index in [9.17, 15) is 0 Å². The Morgan fingerprint density at radius 3 is 2.74 bits per heavy atom. The van der Waals surface area contributed by atoms with Gasteiger partial charge in [0.05, 0.1) is 11.6 Å². The number of para-hydroxylation sites is 1. The molecule has 27 heavy (non-hydrogen) atoms. The van der Waals surface area contributed by atoms with Crippen LogP contribution in [0.25, 0.3) is 0 Å². The average molecular weight is 390 g/mol. The lowest BCUT2D eigenvalue weighted by Crippen LogP contribution is -2.36. The van der Waals surface area contributed by atoms with Crippen LogP contribution < -0.4 is 24.8 Å². The van der Waals surface area contributed by atoms with E-state index in [0.29, 0.717) is 55.4 Å². The smallest absolute Gasteiger partial charge is 0.191 e. The van der Waals surface area contributed by atoms with Gasteiger partial charge in [0.15, 0.2) is 17.5 Å². The first-order valence-electron chi connectivity index (χ1n) is 8.94. The molecule has 0 unspecified atom stereocenters. The van der Waals surface area contributed by atoms with Gasteiger partial charge in [-0.25, -0.2) is 0 Å². The van der Waals surface area contributed by atoms with E-state index in [1.165, 1.54) is 0 Å². The lowest BCUT2D eigenvalue weighted by Gasteiger charge is -2.20. The van der Waals surface area contributed by atoms with Crippen molar-refractivity contribution in [1.82, 2.24) is 10.6 Å². The molecule has 0 bridgehead atoms. The molecule has 3 rings (SSSR count). The molecule has 0 saturated heterocycles. The third-order valence-electron chi connectivity index (χ3n) is 4.06. The number of halogens is 1. The van der Waals surface area contributed by atoms with E-state index in [2.05, 4.69) is 15.6 Å². The quantitative estimate of drug-likeness (QED) is 0.585. The SMILES string of the molecule is CCOc1ccccc1CNC(=NC)NCc1cc(Cl)c2c(c1)OCCO2. The first-order valence-corrected chi connectivity index (χ1v) is 9.32. The Bertz CT molecular complexity index is 811. The third-order valence-corrected chi connectivity index (χ3v) is 4.34. The van der Waals surface area contributed by atoms with Gasteiger partial charge in [0, 0.05) is 25.7 Å². The van der Waals surface area contributed by atoms with Crippen molar-refractivity contribution in [2.45, 2.75) is 20.0 Å². The van der Waals surface area contributed by atoms with E-state index in [1.807, 2.05) is 43.3 Å². The van der Waals surface area contributed by atoms with Gasteiger partial charge in [0.2, 0.25) is 0 Å². The van der Waals surface area contributed by atoms with Gasteiger partial charge in [-0.1, -0.05) is 29.8 Å². The number of hydrogen-bond acceptors (Lipinski definition) is 4. The number of benzene rings is 2. The Kier molecular flexibility index (Phi) is 6.65. The Labute approximate surface area is 164 Å². The molecule has 0 aliphatic carbocycles. The van der Waals surface area contributed by atoms with Crippen molar-refractivity contribution in [2.75, 3.05) is 26.9 Å². The highest BCUT2D eigenvalue weighted by Crippen LogP contribution is 2.38. The number of hydrogen-bond donors (Lipinski definition) is 2. The number of guanidine groups is 1. The van der Waals surface area contributed by atoms with Crippen molar-refractivity contribution >= 4 is 17.6 Å². The van der Waals surface area contributed by atoms with Gasteiger partial charge in [-0.3, -0.25) is 4.99 Å². The zero-order valence-corrected chi connectivity index (χ0v) is 16.3. The Morgan fingerprint density at radius 2 is 1.93 bits per heavy atom. The summed E-state index contributed by atoms with van der Waals surface area (Å²) in [4.78, 5) is 4.27. The molecule has 1 aliphatic rings. The first-order chi connectivity index (χ1) is 13.2. The second kappa shape index (κ2) is 9.37. The van der Waals surface area contributed by atoms with Crippen molar-refractivity contribution in [2.24, 2.45) is 4.99 Å². The van der Waals surface area contributed by atoms with E-state index >= 15 is 0 Å². The maximum absolute atomic E-state index is 6.29. The van der Waals surface area contributed by atoms with Crippen molar-refractivity contribution in [1.29, 1.82) is 0 Å². The number of fused-ring (bicyclic) bond motifs is 1. The molecule has 7 heteroatoms. The normalized spacial score (nSPS) is 13.2. The summed E-state index contributed by atoms with van der Waals surface area (Å²) in [6.07, 6.45) is 0. The van der Waals surface area contributed by atoms with Crippen LogP contribution >= 0.6 is 11.6 Å². The van der Waals surface area contributed by atoms with Crippen molar-refractivity contribution in [3.05, 3.63) is 52.5 Å². The third kappa shape index (κ3) is 4.98. The molecule has 1 aliphatic heterocycles. The standard InChI is InChI=1S/C20H24ClN3O3/c1-3-25-17-7-5-4-6-15(17)13-24-20(22-2)23-12-14-10-16(21)19-18(11-14)26-8-9-27-19/h4-7,10-11H,3,8-9,12-13H2,1-2H3,(H2,22,23,24). The fourth-order valence-electron chi connectivity index (χ4n) is 2.80. The molecule has 0 radical (unpaired) electrons. The molecule has 0 atom stereocenters. The zero-order chi connectivity index (χ0) is 19.1. The molecule has 2 aromatic carbocycles. The van der Waals surface area contributed by atoms with Gasteiger partial charge >= 0.3 is 0 Å². The molecule has 0 aromatic heterocycles. The van der Waals surface area contributed by atoms with E-state index in [-0.39, 0.29) is 0 Å². The van der Waals surface area contributed by atoms with Gasteiger partial charge in [-0.15, -0.1) is 0 Å². The molecule has 6 nitrogen and oxygen atoms in total. The van der Waals surface area contributed by atoms with Crippen molar-refractivity contribution in [3.63, 3.8) is 0 Å². The van der Waals surface area contributed by atoms with Crippen LogP contribution in [0, 0.1) is 0 Å². The largest absolute Gasteiger partial charge is 0.494 e. The number of nitrogens with one attached hydrogen (secondary N) is 2. The molecule has 0 fully saturated rings. The predicted molar refractivity (Wildman–Crippen MR) is 107 cm³/mol. The predicted octanol–water partition coefficient (Wildman–Crippen LogP) is 3.38. The monoisotopic (exact) mass is 389 g/mol. The summed E-state index contributed by atoms with van der Waals surface area (Å²) in [5.74, 6) is 2.86. The topological polar surface area (TPSA) is 64.1 Å². The van der Waals surface area contributed by atoms with Crippen LogP contribution in [0.2, 0.25) is 5.02 Å².